The average molecular weight is 235 g/mol. The average Bonchev–Trinajstić information content (AvgIpc) is 2.32. The highest BCUT2D eigenvalue weighted by Crippen LogP contribution is 2.28. The molecule has 0 aliphatic carbocycles. The number of benzene rings is 1. The van der Waals surface area contributed by atoms with Gasteiger partial charge in [-0.3, -0.25) is 4.79 Å². The maximum absolute atomic E-state index is 11.4. The standard InChI is InChI=1S/C14H21NO2/c1-10-5-6-12(7-11(10)2)14(3,9-15)8-13(16)17-4/h5-7H,8-9,15H2,1-4H3. The highest BCUT2D eigenvalue weighted by Gasteiger charge is 2.28. The number of carbonyl (C=O) groups is 1. The van der Waals surface area contributed by atoms with Crippen LogP contribution in [0.1, 0.15) is 30.0 Å². The monoisotopic (exact) mass is 235 g/mol. The van der Waals surface area contributed by atoms with Crippen molar-refractivity contribution < 1.29 is 9.53 Å². The Hall–Kier alpha value is -1.35. The van der Waals surface area contributed by atoms with E-state index in [1.54, 1.807) is 0 Å². The lowest BCUT2D eigenvalue weighted by atomic mass is 9.78. The Morgan fingerprint density at radius 1 is 1.35 bits per heavy atom. The summed E-state index contributed by atoms with van der Waals surface area (Å²) in [6.45, 7) is 6.55. The number of nitrogens with two attached hydrogens (primary N) is 1. The summed E-state index contributed by atoms with van der Waals surface area (Å²) in [4.78, 5) is 11.4. The molecule has 1 aromatic carbocycles. The zero-order chi connectivity index (χ0) is 13.1. The van der Waals surface area contributed by atoms with E-state index in [9.17, 15) is 4.79 Å². The van der Waals surface area contributed by atoms with Crippen molar-refractivity contribution in [2.24, 2.45) is 5.73 Å². The fourth-order valence-corrected chi connectivity index (χ4v) is 1.80. The molecule has 0 fully saturated rings. The van der Waals surface area contributed by atoms with Crippen LogP contribution in [0.2, 0.25) is 0 Å². The number of hydrogen-bond acceptors (Lipinski definition) is 3. The number of esters is 1. The summed E-state index contributed by atoms with van der Waals surface area (Å²) in [7, 11) is 1.40. The van der Waals surface area contributed by atoms with Gasteiger partial charge in [-0.05, 0) is 30.5 Å². The van der Waals surface area contributed by atoms with Gasteiger partial charge in [0.2, 0.25) is 0 Å². The van der Waals surface area contributed by atoms with Crippen LogP contribution in [0.15, 0.2) is 18.2 Å². The Bertz CT molecular complexity index is 415. The van der Waals surface area contributed by atoms with E-state index in [0.29, 0.717) is 13.0 Å². The fraction of sp³-hybridized carbons (Fsp3) is 0.500. The molecule has 0 aliphatic heterocycles. The van der Waals surface area contributed by atoms with Crippen molar-refractivity contribution in [3.8, 4) is 0 Å². The Balaban J connectivity index is 3.07. The van der Waals surface area contributed by atoms with Crippen molar-refractivity contribution in [2.45, 2.75) is 32.6 Å². The van der Waals surface area contributed by atoms with Gasteiger partial charge in [-0.1, -0.05) is 25.1 Å². The van der Waals surface area contributed by atoms with Crippen LogP contribution >= 0.6 is 0 Å². The van der Waals surface area contributed by atoms with Gasteiger partial charge in [-0.25, -0.2) is 0 Å². The Kier molecular flexibility index (Phi) is 4.29. The van der Waals surface area contributed by atoms with Gasteiger partial charge in [0.15, 0.2) is 0 Å². The number of aryl methyl sites for hydroxylation is 2. The molecule has 0 saturated carbocycles. The van der Waals surface area contributed by atoms with E-state index in [0.717, 1.165) is 5.56 Å². The molecule has 0 bridgehead atoms. The molecule has 1 aromatic rings. The van der Waals surface area contributed by atoms with Gasteiger partial charge in [0.25, 0.3) is 0 Å². The summed E-state index contributed by atoms with van der Waals surface area (Å²) in [6, 6.07) is 6.21. The lowest BCUT2D eigenvalue weighted by molar-refractivity contribution is -0.141. The maximum Gasteiger partial charge on any atom is 0.306 e. The molecule has 1 rings (SSSR count). The van der Waals surface area contributed by atoms with Crippen LogP contribution in [0.4, 0.5) is 0 Å². The van der Waals surface area contributed by atoms with Crippen molar-refractivity contribution in [1.82, 2.24) is 0 Å². The third-order valence-corrected chi connectivity index (χ3v) is 3.42. The first kappa shape index (κ1) is 13.7. The fourth-order valence-electron chi connectivity index (χ4n) is 1.80. The first-order chi connectivity index (χ1) is 7.92. The number of ether oxygens (including phenoxy) is 1. The molecule has 0 amide bonds. The van der Waals surface area contributed by atoms with Gasteiger partial charge in [0.05, 0.1) is 13.5 Å². The Labute approximate surface area is 103 Å². The molecule has 3 heteroatoms. The molecular formula is C14H21NO2. The van der Waals surface area contributed by atoms with E-state index >= 15 is 0 Å². The quantitative estimate of drug-likeness (QED) is 0.813. The number of rotatable bonds is 4. The molecule has 0 aromatic heterocycles. The van der Waals surface area contributed by atoms with E-state index < -0.39 is 0 Å². The molecule has 2 N–H and O–H groups in total. The Morgan fingerprint density at radius 2 is 2.00 bits per heavy atom. The lowest BCUT2D eigenvalue weighted by Crippen LogP contribution is -2.34. The first-order valence-electron chi connectivity index (χ1n) is 5.77. The third kappa shape index (κ3) is 3.07. The summed E-state index contributed by atoms with van der Waals surface area (Å²) >= 11 is 0. The molecule has 94 valence electrons. The van der Waals surface area contributed by atoms with Gasteiger partial charge in [-0.2, -0.15) is 0 Å². The van der Waals surface area contributed by atoms with Crippen LogP contribution in [0.25, 0.3) is 0 Å². The van der Waals surface area contributed by atoms with E-state index in [-0.39, 0.29) is 11.4 Å². The zero-order valence-electron chi connectivity index (χ0n) is 11.0. The Morgan fingerprint density at radius 3 is 2.47 bits per heavy atom. The van der Waals surface area contributed by atoms with Gasteiger partial charge >= 0.3 is 5.97 Å². The molecule has 0 aliphatic rings. The predicted octanol–water partition coefficient (Wildman–Crippen LogP) is 2.08. The highest BCUT2D eigenvalue weighted by atomic mass is 16.5. The normalized spacial score (nSPS) is 14.2. The van der Waals surface area contributed by atoms with Gasteiger partial charge < -0.3 is 10.5 Å². The van der Waals surface area contributed by atoms with E-state index in [1.807, 2.05) is 13.0 Å². The molecular weight excluding hydrogens is 214 g/mol. The smallest absolute Gasteiger partial charge is 0.306 e. The minimum atomic E-state index is -0.356. The van der Waals surface area contributed by atoms with Crippen molar-refractivity contribution >= 4 is 5.97 Å². The lowest BCUT2D eigenvalue weighted by Gasteiger charge is -2.28. The van der Waals surface area contributed by atoms with Crippen LogP contribution < -0.4 is 5.73 Å². The van der Waals surface area contributed by atoms with Crippen LogP contribution in [0.3, 0.4) is 0 Å². The summed E-state index contributed by atoms with van der Waals surface area (Å²) in [5.74, 6) is -0.226. The van der Waals surface area contributed by atoms with E-state index in [4.69, 9.17) is 10.5 Å². The van der Waals surface area contributed by atoms with Crippen molar-refractivity contribution in [3.05, 3.63) is 34.9 Å². The highest BCUT2D eigenvalue weighted by molar-refractivity contribution is 5.71. The van der Waals surface area contributed by atoms with Crippen molar-refractivity contribution in [1.29, 1.82) is 0 Å². The second-order valence-electron chi connectivity index (χ2n) is 4.82. The molecule has 17 heavy (non-hydrogen) atoms. The molecule has 0 saturated heterocycles. The summed E-state index contributed by atoms with van der Waals surface area (Å²) in [5.41, 5.74) is 9.01. The SMILES string of the molecule is COC(=O)CC(C)(CN)c1ccc(C)c(C)c1. The van der Waals surface area contributed by atoms with E-state index in [1.165, 1.54) is 18.2 Å². The first-order valence-corrected chi connectivity index (χ1v) is 5.77. The van der Waals surface area contributed by atoms with Crippen molar-refractivity contribution in [3.63, 3.8) is 0 Å². The largest absolute Gasteiger partial charge is 0.469 e. The van der Waals surface area contributed by atoms with Crippen molar-refractivity contribution in [2.75, 3.05) is 13.7 Å². The zero-order valence-corrected chi connectivity index (χ0v) is 11.0. The van der Waals surface area contributed by atoms with Gasteiger partial charge in [0.1, 0.15) is 0 Å². The summed E-state index contributed by atoms with van der Waals surface area (Å²) in [5, 5.41) is 0. The van der Waals surface area contributed by atoms with Crippen LogP contribution in [-0.2, 0) is 14.9 Å². The van der Waals surface area contributed by atoms with Crippen LogP contribution in [-0.4, -0.2) is 19.6 Å². The molecule has 1 unspecified atom stereocenters. The minimum Gasteiger partial charge on any atom is -0.469 e. The second-order valence-corrected chi connectivity index (χ2v) is 4.82. The van der Waals surface area contributed by atoms with Crippen LogP contribution in [0.5, 0.6) is 0 Å². The number of methoxy groups -OCH3 is 1. The molecule has 0 radical (unpaired) electrons. The maximum atomic E-state index is 11.4. The number of hydrogen-bond donors (Lipinski definition) is 1. The molecule has 1 atom stereocenters. The summed E-state index contributed by atoms with van der Waals surface area (Å²) in [6.07, 6.45) is 0.308. The molecule has 0 spiro atoms. The number of carbonyl (C=O) groups excluding carboxylic acids is 1. The van der Waals surface area contributed by atoms with Gasteiger partial charge in [-0.15, -0.1) is 0 Å². The summed E-state index contributed by atoms with van der Waals surface area (Å²) < 4.78 is 4.73. The molecule has 3 nitrogen and oxygen atoms in total. The third-order valence-electron chi connectivity index (χ3n) is 3.42. The van der Waals surface area contributed by atoms with Crippen LogP contribution in [0, 0.1) is 13.8 Å². The molecule has 0 heterocycles. The van der Waals surface area contributed by atoms with Gasteiger partial charge in [0, 0.05) is 12.0 Å². The second kappa shape index (κ2) is 5.32. The van der Waals surface area contributed by atoms with E-state index in [2.05, 4.69) is 26.0 Å². The topological polar surface area (TPSA) is 52.3 Å². The minimum absolute atomic E-state index is 0.226. The predicted molar refractivity (Wildman–Crippen MR) is 69.0 cm³/mol.